The number of rotatable bonds is 8. The third-order valence-electron chi connectivity index (χ3n) is 5.73. The first-order chi connectivity index (χ1) is 15.4. The third kappa shape index (κ3) is 5.40. The first-order valence-electron chi connectivity index (χ1n) is 11.0. The van der Waals surface area contributed by atoms with Gasteiger partial charge in [0, 0.05) is 16.8 Å². The van der Waals surface area contributed by atoms with Gasteiger partial charge >= 0.3 is 0 Å². The Balaban J connectivity index is 2.11. The summed E-state index contributed by atoms with van der Waals surface area (Å²) in [6.07, 6.45) is 7.57. The van der Waals surface area contributed by atoms with Crippen molar-refractivity contribution in [1.29, 1.82) is 0 Å². The molecule has 0 spiro atoms. The fraction of sp³-hybridized carbons (Fsp3) is 0.286. The van der Waals surface area contributed by atoms with Gasteiger partial charge in [-0.3, -0.25) is 9.59 Å². The summed E-state index contributed by atoms with van der Waals surface area (Å²) < 4.78 is 0. The minimum atomic E-state index is -0.972. The van der Waals surface area contributed by atoms with E-state index in [0.717, 1.165) is 18.4 Å². The van der Waals surface area contributed by atoms with Gasteiger partial charge in [-0.05, 0) is 37.3 Å². The molecule has 0 saturated heterocycles. The highest BCUT2D eigenvalue weighted by Gasteiger charge is 2.39. The van der Waals surface area contributed by atoms with Crippen molar-refractivity contribution in [3.8, 4) is 0 Å². The van der Waals surface area contributed by atoms with Crippen LogP contribution in [-0.2, 0) is 9.59 Å². The molecular weight excluding hydrogens is 398 g/mol. The summed E-state index contributed by atoms with van der Waals surface area (Å²) in [6, 6.07) is 16.5. The summed E-state index contributed by atoms with van der Waals surface area (Å²) in [4.78, 5) is 39.4. The number of Topliss-reactive ketones (excluding diaryl/α,β-unsaturated/α-hetero) is 1. The van der Waals surface area contributed by atoms with E-state index in [-0.39, 0.29) is 23.2 Å². The molecule has 0 aliphatic heterocycles. The van der Waals surface area contributed by atoms with Crippen molar-refractivity contribution in [2.24, 2.45) is 11.8 Å². The lowest BCUT2D eigenvalue weighted by Gasteiger charge is -2.28. The molecule has 2 aromatic carbocycles. The molecule has 4 heteroatoms. The van der Waals surface area contributed by atoms with Crippen molar-refractivity contribution in [1.82, 2.24) is 5.32 Å². The molecule has 32 heavy (non-hydrogen) atoms. The molecular formula is C28H29NO3. The van der Waals surface area contributed by atoms with Crippen molar-refractivity contribution in [2.45, 2.75) is 39.5 Å². The molecule has 2 atom stereocenters. The molecule has 2 aromatic rings. The van der Waals surface area contributed by atoms with Gasteiger partial charge in [-0.25, -0.2) is 4.79 Å². The number of ketones is 1. The number of aryl methyl sites for hydroxylation is 1. The number of benzene rings is 2. The third-order valence-corrected chi connectivity index (χ3v) is 5.73. The van der Waals surface area contributed by atoms with Crippen molar-refractivity contribution in [3.05, 3.63) is 101 Å². The number of amides is 1. The molecule has 0 aromatic heterocycles. The van der Waals surface area contributed by atoms with E-state index < -0.39 is 11.8 Å². The zero-order chi connectivity index (χ0) is 23.1. The largest absolute Gasteiger partial charge is 0.326 e. The van der Waals surface area contributed by atoms with Crippen LogP contribution in [0.2, 0.25) is 0 Å². The van der Waals surface area contributed by atoms with Crippen LogP contribution in [-0.4, -0.2) is 17.6 Å². The molecule has 3 rings (SSSR count). The van der Waals surface area contributed by atoms with Gasteiger partial charge in [-0.15, -0.1) is 0 Å². The van der Waals surface area contributed by atoms with Crippen LogP contribution in [0.3, 0.4) is 0 Å². The van der Waals surface area contributed by atoms with Crippen LogP contribution in [0.1, 0.15) is 54.1 Å². The summed E-state index contributed by atoms with van der Waals surface area (Å²) in [5, 5.41) is 2.94. The average molecular weight is 428 g/mol. The SMILES string of the molecule is Cc1ccc(C(=O)C(c2ccccc2)C(C(=O)NC2=CCCC=C2)C(=C=O)C(C)C)cc1. The van der Waals surface area contributed by atoms with Gasteiger partial charge in [0.2, 0.25) is 5.91 Å². The molecule has 1 aliphatic carbocycles. The van der Waals surface area contributed by atoms with Crippen LogP contribution in [0.25, 0.3) is 0 Å². The summed E-state index contributed by atoms with van der Waals surface area (Å²) in [6.45, 7) is 5.65. The second-order valence-electron chi connectivity index (χ2n) is 8.44. The van der Waals surface area contributed by atoms with Crippen molar-refractivity contribution < 1.29 is 14.4 Å². The molecule has 4 nitrogen and oxygen atoms in total. The van der Waals surface area contributed by atoms with E-state index in [1.165, 1.54) is 0 Å². The second-order valence-corrected chi connectivity index (χ2v) is 8.44. The normalized spacial score (nSPS) is 14.8. The Morgan fingerprint density at radius 1 is 0.969 bits per heavy atom. The fourth-order valence-corrected chi connectivity index (χ4v) is 3.99. The smallest absolute Gasteiger partial charge is 0.233 e. The number of nitrogens with one attached hydrogen (secondary N) is 1. The Morgan fingerprint density at radius 2 is 1.66 bits per heavy atom. The summed E-state index contributed by atoms with van der Waals surface area (Å²) in [5.41, 5.74) is 3.22. The maximum Gasteiger partial charge on any atom is 0.233 e. The Kier molecular flexibility index (Phi) is 7.75. The first kappa shape index (κ1) is 23.2. The zero-order valence-corrected chi connectivity index (χ0v) is 18.8. The standard InChI is InChI=1S/C28H29NO3/c1-19(2)24(18-30)26(28(32)29-23-12-8-5-9-13-23)25(21-10-6-4-7-11-21)27(31)22-16-14-20(3)15-17-22/h4,6-8,10-17,19,25-26H,5,9H2,1-3H3,(H,29,32). The molecule has 1 aliphatic rings. The fourth-order valence-electron chi connectivity index (χ4n) is 3.99. The lowest BCUT2D eigenvalue weighted by molar-refractivity contribution is -0.123. The molecule has 0 bridgehead atoms. The molecule has 1 amide bonds. The van der Waals surface area contributed by atoms with Gasteiger partial charge in [0.05, 0.1) is 11.8 Å². The van der Waals surface area contributed by atoms with Crippen LogP contribution in [0, 0.1) is 18.8 Å². The van der Waals surface area contributed by atoms with E-state index in [1.807, 2.05) is 87.4 Å². The molecule has 0 saturated carbocycles. The van der Waals surface area contributed by atoms with Crippen LogP contribution < -0.4 is 5.32 Å². The maximum atomic E-state index is 13.8. The molecule has 1 N–H and O–H groups in total. The molecule has 0 fully saturated rings. The van der Waals surface area contributed by atoms with Gasteiger partial charge in [-0.1, -0.05) is 86.2 Å². The minimum Gasteiger partial charge on any atom is -0.326 e. The second kappa shape index (κ2) is 10.7. The minimum absolute atomic E-state index is 0.196. The van der Waals surface area contributed by atoms with Crippen LogP contribution in [0.5, 0.6) is 0 Å². The lowest BCUT2D eigenvalue weighted by atomic mass is 9.74. The number of carbonyl (C=O) groups excluding carboxylic acids is 3. The Bertz CT molecular complexity index is 1070. The number of hydrogen-bond donors (Lipinski definition) is 1. The van der Waals surface area contributed by atoms with E-state index in [0.29, 0.717) is 16.8 Å². The van der Waals surface area contributed by atoms with Gasteiger partial charge < -0.3 is 5.32 Å². The van der Waals surface area contributed by atoms with Crippen molar-refractivity contribution in [2.75, 3.05) is 0 Å². The first-order valence-corrected chi connectivity index (χ1v) is 11.0. The van der Waals surface area contributed by atoms with E-state index in [1.54, 1.807) is 12.1 Å². The predicted octanol–water partition coefficient (Wildman–Crippen LogP) is 5.34. The predicted molar refractivity (Wildman–Crippen MR) is 127 cm³/mol. The lowest BCUT2D eigenvalue weighted by Crippen LogP contribution is -2.39. The highest BCUT2D eigenvalue weighted by atomic mass is 16.2. The van der Waals surface area contributed by atoms with Gasteiger partial charge in [0.25, 0.3) is 0 Å². The van der Waals surface area contributed by atoms with Crippen LogP contribution >= 0.6 is 0 Å². The Morgan fingerprint density at radius 3 is 2.22 bits per heavy atom. The highest BCUT2D eigenvalue weighted by molar-refractivity contribution is 6.05. The maximum absolute atomic E-state index is 13.8. The van der Waals surface area contributed by atoms with E-state index in [4.69, 9.17) is 0 Å². The Labute approximate surface area is 189 Å². The monoisotopic (exact) mass is 427 g/mol. The van der Waals surface area contributed by atoms with Gasteiger partial charge in [0.15, 0.2) is 5.78 Å². The quantitative estimate of drug-likeness (QED) is 0.457. The molecule has 2 unspecified atom stereocenters. The summed E-state index contributed by atoms with van der Waals surface area (Å²) >= 11 is 0. The van der Waals surface area contributed by atoms with Crippen LogP contribution in [0.4, 0.5) is 0 Å². The number of allylic oxidation sites excluding steroid dienone is 3. The van der Waals surface area contributed by atoms with Gasteiger partial charge in [-0.2, -0.15) is 0 Å². The summed E-state index contributed by atoms with van der Waals surface area (Å²) in [7, 11) is 0. The highest BCUT2D eigenvalue weighted by Crippen LogP contribution is 2.36. The summed E-state index contributed by atoms with van der Waals surface area (Å²) in [5.74, 6) is -0.620. The Hall–Kier alpha value is -3.49. The van der Waals surface area contributed by atoms with E-state index >= 15 is 0 Å². The average Bonchev–Trinajstić information content (AvgIpc) is 2.80. The van der Waals surface area contributed by atoms with Crippen molar-refractivity contribution in [3.63, 3.8) is 0 Å². The van der Waals surface area contributed by atoms with E-state index in [2.05, 4.69) is 5.32 Å². The molecule has 0 heterocycles. The molecule has 0 radical (unpaired) electrons. The number of hydrogen-bond acceptors (Lipinski definition) is 3. The topological polar surface area (TPSA) is 63.2 Å². The van der Waals surface area contributed by atoms with Crippen molar-refractivity contribution >= 4 is 17.6 Å². The van der Waals surface area contributed by atoms with E-state index in [9.17, 15) is 14.4 Å². The zero-order valence-electron chi connectivity index (χ0n) is 18.8. The van der Waals surface area contributed by atoms with Gasteiger partial charge in [0.1, 0.15) is 5.94 Å². The van der Waals surface area contributed by atoms with Crippen LogP contribution in [0.15, 0.2) is 84.1 Å². The number of carbonyl (C=O) groups is 2. The molecule has 164 valence electrons.